The first kappa shape index (κ1) is 12.8. The third kappa shape index (κ3) is 3.40. The summed E-state index contributed by atoms with van der Waals surface area (Å²) < 4.78 is 26.5. The standard InChI is InChI=1S/C13H16F2O/c1-3-9(2)7-10(16)8-11-12(14)5-4-6-13(11)15/h4-6,9H,3,7-8H2,1-2H3. The van der Waals surface area contributed by atoms with Gasteiger partial charge in [-0.1, -0.05) is 26.3 Å². The van der Waals surface area contributed by atoms with Crippen LogP contribution in [0.3, 0.4) is 0 Å². The molecule has 0 N–H and O–H groups in total. The summed E-state index contributed by atoms with van der Waals surface area (Å²) >= 11 is 0. The van der Waals surface area contributed by atoms with Crippen molar-refractivity contribution in [2.45, 2.75) is 33.1 Å². The van der Waals surface area contributed by atoms with Gasteiger partial charge in [-0.05, 0) is 18.1 Å². The van der Waals surface area contributed by atoms with E-state index in [9.17, 15) is 13.6 Å². The Morgan fingerprint density at radius 2 is 1.88 bits per heavy atom. The van der Waals surface area contributed by atoms with Crippen molar-refractivity contribution in [2.24, 2.45) is 5.92 Å². The zero-order valence-electron chi connectivity index (χ0n) is 9.59. The fourth-order valence-electron chi connectivity index (χ4n) is 1.50. The Kier molecular flexibility index (Phi) is 4.59. The Hall–Kier alpha value is -1.25. The summed E-state index contributed by atoms with van der Waals surface area (Å²) in [6, 6.07) is 3.65. The van der Waals surface area contributed by atoms with E-state index in [1.165, 1.54) is 18.2 Å². The minimum absolute atomic E-state index is 0.113. The normalized spacial score (nSPS) is 12.5. The number of ketones is 1. The van der Waals surface area contributed by atoms with E-state index in [2.05, 4.69) is 0 Å². The number of Topliss-reactive ketones (excluding diaryl/α,β-unsaturated/α-hetero) is 1. The predicted octanol–water partition coefficient (Wildman–Crippen LogP) is 3.51. The molecule has 0 radical (unpaired) electrons. The van der Waals surface area contributed by atoms with Crippen molar-refractivity contribution in [2.75, 3.05) is 0 Å². The van der Waals surface area contributed by atoms with E-state index in [1.54, 1.807) is 0 Å². The van der Waals surface area contributed by atoms with Crippen LogP contribution in [0.25, 0.3) is 0 Å². The number of halogens is 2. The molecular weight excluding hydrogens is 210 g/mol. The van der Waals surface area contributed by atoms with Crippen LogP contribution in [0.4, 0.5) is 8.78 Å². The van der Waals surface area contributed by atoms with Crippen molar-refractivity contribution in [1.82, 2.24) is 0 Å². The van der Waals surface area contributed by atoms with Crippen LogP contribution in [0.2, 0.25) is 0 Å². The molecule has 0 aliphatic heterocycles. The molecule has 0 aliphatic carbocycles. The van der Waals surface area contributed by atoms with E-state index in [0.29, 0.717) is 6.42 Å². The van der Waals surface area contributed by atoms with Gasteiger partial charge in [0, 0.05) is 18.4 Å². The van der Waals surface area contributed by atoms with Crippen molar-refractivity contribution < 1.29 is 13.6 Å². The summed E-state index contributed by atoms with van der Waals surface area (Å²) in [5.74, 6) is -1.13. The summed E-state index contributed by atoms with van der Waals surface area (Å²) in [5.41, 5.74) is -0.115. The quantitative estimate of drug-likeness (QED) is 0.750. The molecule has 1 nitrogen and oxygen atoms in total. The molecule has 1 rings (SSSR count). The minimum Gasteiger partial charge on any atom is -0.299 e. The summed E-state index contributed by atoms with van der Waals surface area (Å²) in [7, 11) is 0. The maximum Gasteiger partial charge on any atom is 0.137 e. The van der Waals surface area contributed by atoms with Crippen LogP contribution >= 0.6 is 0 Å². The van der Waals surface area contributed by atoms with Crippen molar-refractivity contribution in [1.29, 1.82) is 0 Å². The number of carbonyl (C=O) groups is 1. The highest BCUT2D eigenvalue weighted by Gasteiger charge is 2.14. The molecule has 0 heterocycles. The maximum absolute atomic E-state index is 13.2. The lowest BCUT2D eigenvalue weighted by Crippen LogP contribution is -2.10. The third-order valence-electron chi connectivity index (χ3n) is 2.71. The zero-order valence-corrected chi connectivity index (χ0v) is 9.59. The minimum atomic E-state index is -0.641. The van der Waals surface area contributed by atoms with Crippen LogP contribution < -0.4 is 0 Å². The van der Waals surface area contributed by atoms with E-state index in [0.717, 1.165) is 6.42 Å². The Morgan fingerprint density at radius 1 is 1.31 bits per heavy atom. The number of carbonyl (C=O) groups excluding carboxylic acids is 1. The molecule has 0 aliphatic rings. The van der Waals surface area contributed by atoms with Crippen molar-refractivity contribution in [3.63, 3.8) is 0 Å². The molecule has 1 unspecified atom stereocenters. The first-order valence-corrected chi connectivity index (χ1v) is 5.49. The Bertz CT molecular complexity index is 354. The van der Waals surface area contributed by atoms with Crippen molar-refractivity contribution in [3.8, 4) is 0 Å². The van der Waals surface area contributed by atoms with Gasteiger partial charge in [-0.25, -0.2) is 8.78 Å². The van der Waals surface area contributed by atoms with Gasteiger partial charge < -0.3 is 0 Å². The molecule has 0 fully saturated rings. The molecule has 1 atom stereocenters. The average Bonchev–Trinajstić information content (AvgIpc) is 2.23. The van der Waals surface area contributed by atoms with Gasteiger partial charge in [-0.2, -0.15) is 0 Å². The maximum atomic E-state index is 13.2. The van der Waals surface area contributed by atoms with E-state index in [-0.39, 0.29) is 23.7 Å². The van der Waals surface area contributed by atoms with Crippen LogP contribution in [0.1, 0.15) is 32.3 Å². The van der Waals surface area contributed by atoms with Gasteiger partial charge in [0.2, 0.25) is 0 Å². The summed E-state index contributed by atoms with van der Waals surface area (Å²) in [6.45, 7) is 3.94. The monoisotopic (exact) mass is 226 g/mol. The number of benzene rings is 1. The zero-order chi connectivity index (χ0) is 12.1. The molecule has 88 valence electrons. The van der Waals surface area contributed by atoms with E-state index < -0.39 is 11.6 Å². The summed E-state index contributed by atoms with van der Waals surface area (Å²) in [6.07, 6.45) is 1.12. The largest absolute Gasteiger partial charge is 0.299 e. The van der Waals surface area contributed by atoms with Crippen LogP contribution in [0.15, 0.2) is 18.2 Å². The fraction of sp³-hybridized carbons (Fsp3) is 0.462. The molecule has 0 saturated carbocycles. The van der Waals surface area contributed by atoms with Gasteiger partial charge in [-0.15, -0.1) is 0 Å². The fourth-order valence-corrected chi connectivity index (χ4v) is 1.50. The predicted molar refractivity (Wildman–Crippen MR) is 59.1 cm³/mol. The van der Waals surface area contributed by atoms with Gasteiger partial charge in [0.25, 0.3) is 0 Å². The second-order valence-electron chi connectivity index (χ2n) is 4.13. The molecule has 1 aromatic carbocycles. The summed E-state index contributed by atoms with van der Waals surface area (Å²) in [5, 5.41) is 0. The summed E-state index contributed by atoms with van der Waals surface area (Å²) in [4.78, 5) is 11.6. The van der Waals surface area contributed by atoms with Crippen molar-refractivity contribution >= 4 is 5.78 Å². The van der Waals surface area contributed by atoms with E-state index in [1.807, 2.05) is 13.8 Å². The first-order valence-electron chi connectivity index (χ1n) is 5.49. The highest BCUT2D eigenvalue weighted by Crippen LogP contribution is 2.15. The Balaban J connectivity index is 2.70. The second-order valence-corrected chi connectivity index (χ2v) is 4.13. The van der Waals surface area contributed by atoms with Gasteiger partial charge in [-0.3, -0.25) is 4.79 Å². The van der Waals surface area contributed by atoms with Gasteiger partial charge in [0.15, 0.2) is 0 Å². The molecule has 0 bridgehead atoms. The molecular formula is C13H16F2O. The molecule has 16 heavy (non-hydrogen) atoms. The second kappa shape index (κ2) is 5.73. The van der Waals surface area contributed by atoms with Gasteiger partial charge in [0.05, 0.1) is 0 Å². The van der Waals surface area contributed by atoms with Crippen LogP contribution in [0, 0.1) is 17.6 Å². The van der Waals surface area contributed by atoms with Crippen LogP contribution in [0.5, 0.6) is 0 Å². The van der Waals surface area contributed by atoms with Gasteiger partial charge >= 0.3 is 0 Å². The SMILES string of the molecule is CCC(C)CC(=O)Cc1c(F)cccc1F. The lowest BCUT2D eigenvalue weighted by Gasteiger charge is -2.08. The van der Waals surface area contributed by atoms with Crippen LogP contribution in [-0.2, 0) is 11.2 Å². The van der Waals surface area contributed by atoms with E-state index in [4.69, 9.17) is 0 Å². The van der Waals surface area contributed by atoms with E-state index >= 15 is 0 Å². The van der Waals surface area contributed by atoms with Crippen molar-refractivity contribution in [3.05, 3.63) is 35.4 Å². The highest BCUT2D eigenvalue weighted by molar-refractivity contribution is 5.81. The topological polar surface area (TPSA) is 17.1 Å². The smallest absolute Gasteiger partial charge is 0.137 e. The molecule has 0 amide bonds. The molecule has 0 spiro atoms. The Labute approximate surface area is 94.5 Å². The number of hydrogen-bond donors (Lipinski definition) is 0. The molecule has 1 aromatic rings. The molecule has 0 saturated heterocycles. The molecule has 0 aromatic heterocycles. The van der Waals surface area contributed by atoms with Crippen LogP contribution in [-0.4, -0.2) is 5.78 Å². The lowest BCUT2D eigenvalue weighted by molar-refractivity contribution is -0.119. The van der Waals surface area contributed by atoms with Gasteiger partial charge in [0.1, 0.15) is 17.4 Å². The average molecular weight is 226 g/mol. The lowest BCUT2D eigenvalue weighted by atomic mass is 9.97. The first-order chi connectivity index (χ1) is 7.54. The number of rotatable bonds is 5. The Morgan fingerprint density at radius 3 is 2.38 bits per heavy atom. The number of hydrogen-bond acceptors (Lipinski definition) is 1. The molecule has 3 heteroatoms. The highest BCUT2D eigenvalue weighted by atomic mass is 19.1. The third-order valence-corrected chi connectivity index (χ3v) is 2.71.